The molecule has 0 spiro atoms. The molecule has 0 aliphatic heterocycles. The summed E-state index contributed by atoms with van der Waals surface area (Å²) in [4.78, 5) is 15.3. The molecule has 0 fully saturated rings. The highest BCUT2D eigenvalue weighted by molar-refractivity contribution is 7.15. The maximum absolute atomic E-state index is 10.3. The highest BCUT2D eigenvalue weighted by Gasteiger charge is 1.99. The number of hydrogen-bond donors (Lipinski definition) is 1. The third-order valence-electron chi connectivity index (χ3n) is 1.95. The quantitative estimate of drug-likeness (QED) is 0.883. The predicted octanol–water partition coefficient (Wildman–Crippen LogP) is 2.42. The lowest BCUT2D eigenvalue weighted by Crippen LogP contribution is -1.89. The monoisotopic (exact) mass is 234 g/mol. The first-order valence-electron chi connectivity index (χ1n) is 4.72. The molecular formula is C11H10N2O2S. The van der Waals surface area contributed by atoms with Gasteiger partial charge in [-0.05, 0) is 18.2 Å². The van der Waals surface area contributed by atoms with Crippen LogP contribution in [0, 0.1) is 0 Å². The molecule has 1 N–H and O–H groups in total. The lowest BCUT2D eigenvalue weighted by molar-refractivity contribution is -0.135. The molecule has 0 saturated heterocycles. The van der Waals surface area contributed by atoms with Crippen LogP contribution in [0.3, 0.4) is 0 Å². The van der Waals surface area contributed by atoms with Gasteiger partial charge < -0.3 is 5.11 Å². The van der Waals surface area contributed by atoms with E-state index in [4.69, 9.17) is 5.11 Å². The van der Waals surface area contributed by atoms with Crippen LogP contribution < -0.4 is 0 Å². The molecule has 2 rings (SSSR count). The summed E-state index contributed by atoms with van der Waals surface area (Å²) in [6, 6.07) is 3.94. The maximum Gasteiger partial charge on any atom is 0.307 e. The summed E-state index contributed by atoms with van der Waals surface area (Å²) < 4.78 is 1.92. The van der Waals surface area contributed by atoms with Crippen molar-refractivity contribution in [3.05, 3.63) is 41.8 Å². The maximum atomic E-state index is 10.3. The Morgan fingerprint density at radius 1 is 1.56 bits per heavy atom. The zero-order chi connectivity index (χ0) is 11.4. The first-order valence-corrected chi connectivity index (χ1v) is 5.54. The number of carboxylic acid groups (broad SMARTS) is 1. The first-order chi connectivity index (χ1) is 7.75. The number of carboxylic acids is 1. The Labute approximate surface area is 96.5 Å². The molecule has 4 nitrogen and oxygen atoms in total. The lowest BCUT2D eigenvalue weighted by Gasteiger charge is -1.93. The second-order valence-electron chi connectivity index (χ2n) is 3.15. The summed E-state index contributed by atoms with van der Waals surface area (Å²) in [5.41, 5.74) is 0. The van der Waals surface area contributed by atoms with Crippen LogP contribution >= 0.6 is 11.3 Å². The number of rotatable bonds is 4. The number of thiophene rings is 1. The van der Waals surface area contributed by atoms with Gasteiger partial charge in [0.05, 0.1) is 12.7 Å². The van der Waals surface area contributed by atoms with Crippen LogP contribution in [0.4, 0.5) is 0 Å². The van der Waals surface area contributed by atoms with E-state index < -0.39 is 5.97 Å². The van der Waals surface area contributed by atoms with Gasteiger partial charge in [0.25, 0.3) is 0 Å². The van der Waals surface area contributed by atoms with Crippen molar-refractivity contribution in [2.24, 2.45) is 0 Å². The molecule has 0 atom stereocenters. The smallest absolute Gasteiger partial charge is 0.307 e. The minimum Gasteiger partial charge on any atom is -0.481 e. The minimum atomic E-state index is -0.817. The molecule has 0 amide bonds. The summed E-state index contributed by atoms with van der Waals surface area (Å²) in [7, 11) is 0. The van der Waals surface area contributed by atoms with Crippen LogP contribution in [-0.2, 0) is 4.79 Å². The van der Waals surface area contributed by atoms with Crippen molar-refractivity contribution in [3.8, 4) is 5.00 Å². The number of imidazole rings is 1. The van der Waals surface area contributed by atoms with E-state index in [1.54, 1.807) is 29.9 Å². The molecule has 2 aromatic rings. The van der Waals surface area contributed by atoms with Gasteiger partial charge in [0.15, 0.2) is 0 Å². The van der Waals surface area contributed by atoms with E-state index in [9.17, 15) is 4.79 Å². The Morgan fingerprint density at radius 2 is 2.44 bits per heavy atom. The summed E-state index contributed by atoms with van der Waals surface area (Å²) in [6.45, 7) is 0. The van der Waals surface area contributed by atoms with Gasteiger partial charge in [0, 0.05) is 17.3 Å². The highest BCUT2D eigenvalue weighted by Crippen LogP contribution is 2.21. The van der Waals surface area contributed by atoms with Gasteiger partial charge in [-0.1, -0.05) is 6.08 Å². The lowest BCUT2D eigenvalue weighted by atomic mass is 10.3. The predicted molar refractivity (Wildman–Crippen MR) is 62.7 cm³/mol. The first kappa shape index (κ1) is 10.6. The molecule has 16 heavy (non-hydrogen) atoms. The van der Waals surface area contributed by atoms with Crippen LogP contribution in [0.1, 0.15) is 11.3 Å². The Balaban J connectivity index is 2.08. The van der Waals surface area contributed by atoms with Crippen molar-refractivity contribution >= 4 is 23.4 Å². The molecule has 2 aromatic heterocycles. The van der Waals surface area contributed by atoms with Crippen LogP contribution in [0.15, 0.2) is 36.9 Å². The number of aliphatic carboxylic acids is 1. The largest absolute Gasteiger partial charge is 0.481 e. The molecule has 0 saturated carbocycles. The van der Waals surface area contributed by atoms with Crippen molar-refractivity contribution in [1.82, 2.24) is 9.55 Å². The number of nitrogens with zero attached hydrogens (tertiary/aromatic N) is 2. The Morgan fingerprint density at radius 3 is 3.12 bits per heavy atom. The number of carbonyl (C=O) groups is 1. The van der Waals surface area contributed by atoms with Crippen molar-refractivity contribution in [1.29, 1.82) is 0 Å². The van der Waals surface area contributed by atoms with Crippen LogP contribution in [0.5, 0.6) is 0 Å². The standard InChI is InChI=1S/C11H10N2O2S/c14-11(15)3-1-2-9-4-5-10(16-9)13-7-6-12-8-13/h1-2,4-8H,3H2,(H,14,15). The highest BCUT2D eigenvalue weighted by atomic mass is 32.1. The van der Waals surface area contributed by atoms with E-state index >= 15 is 0 Å². The minimum absolute atomic E-state index is 0.0539. The molecule has 0 radical (unpaired) electrons. The van der Waals surface area contributed by atoms with Gasteiger partial charge in [-0.15, -0.1) is 11.3 Å². The average molecular weight is 234 g/mol. The van der Waals surface area contributed by atoms with Gasteiger partial charge in [0.1, 0.15) is 5.00 Å². The van der Waals surface area contributed by atoms with Crippen LogP contribution in [0.2, 0.25) is 0 Å². The Bertz CT molecular complexity index is 500. The van der Waals surface area contributed by atoms with E-state index in [-0.39, 0.29) is 6.42 Å². The SMILES string of the molecule is O=C(O)CC=Cc1ccc(-n2ccnc2)s1. The second-order valence-corrected chi connectivity index (χ2v) is 4.24. The van der Waals surface area contributed by atoms with Gasteiger partial charge in [-0.25, -0.2) is 4.98 Å². The fourth-order valence-electron chi connectivity index (χ4n) is 1.24. The normalized spacial score (nSPS) is 11.0. The van der Waals surface area contributed by atoms with E-state index in [2.05, 4.69) is 4.98 Å². The molecular weight excluding hydrogens is 224 g/mol. The van der Waals surface area contributed by atoms with Gasteiger partial charge in [-0.2, -0.15) is 0 Å². The van der Waals surface area contributed by atoms with E-state index in [1.165, 1.54) is 0 Å². The van der Waals surface area contributed by atoms with Crippen molar-refractivity contribution in [2.75, 3.05) is 0 Å². The fourth-order valence-corrected chi connectivity index (χ4v) is 2.13. The van der Waals surface area contributed by atoms with E-state index in [1.807, 2.05) is 29.0 Å². The zero-order valence-electron chi connectivity index (χ0n) is 8.41. The van der Waals surface area contributed by atoms with E-state index in [0.717, 1.165) is 9.88 Å². The van der Waals surface area contributed by atoms with Crippen molar-refractivity contribution < 1.29 is 9.90 Å². The summed E-state index contributed by atoms with van der Waals surface area (Å²) >= 11 is 1.59. The van der Waals surface area contributed by atoms with Crippen LogP contribution in [0.25, 0.3) is 11.1 Å². The summed E-state index contributed by atoms with van der Waals surface area (Å²) in [5.74, 6) is -0.817. The Kier molecular flexibility index (Phi) is 3.16. The summed E-state index contributed by atoms with van der Waals surface area (Å²) in [6.07, 6.45) is 8.84. The molecule has 0 aliphatic rings. The van der Waals surface area contributed by atoms with Crippen molar-refractivity contribution in [3.63, 3.8) is 0 Å². The van der Waals surface area contributed by atoms with Crippen LogP contribution in [-0.4, -0.2) is 20.6 Å². The molecule has 0 aromatic carbocycles. The summed E-state index contributed by atoms with van der Waals surface area (Å²) in [5, 5.41) is 9.55. The molecule has 0 aliphatic carbocycles. The topological polar surface area (TPSA) is 55.1 Å². The molecule has 0 unspecified atom stereocenters. The third-order valence-corrected chi connectivity index (χ3v) is 3.01. The Hall–Kier alpha value is -1.88. The molecule has 2 heterocycles. The van der Waals surface area contributed by atoms with Gasteiger partial charge >= 0.3 is 5.97 Å². The molecule has 82 valence electrons. The second kappa shape index (κ2) is 4.76. The molecule has 0 bridgehead atoms. The molecule has 5 heteroatoms. The zero-order valence-corrected chi connectivity index (χ0v) is 9.22. The number of hydrogen-bond acceptors (Lipinski definition) is 3. The van der Waals surface area contributed by atoms with E-state index in [0.29, 0.717) is 0 Å². The average Bonchev–Trinajstić information content (AvgIpc) is 2.85. The number of aromatic nitrogens is 2. The van der Waals surface area contributed by atoms with Crippen molar-refractivity contribution in [2.45, 2.75) is 6.42 Å². The fraction of sp³-hybridized carbons (Fsp3) is 0.0909. The van der Waals surface area contributed by atoms with Gasteiger partial charge in [0.2, 0.25) is 0 Å². The third kappa shape index (κ3) is 2.58. The van der Waals surface area contributed by atoms with Gasteiger partial charge in [-0.3, -0.25) is 9.36 Å².